The summed E-state index contributed by atoms with van der Waals surface area (Å²) in [6.07, 6.45) is 0. The van der Waals surface area contributed by atoms with E-state index in [2.05, 4.69) is 15.2 Å². The zero-order valence-electron chi connectivity index (χ0n) is 17.0. The van der Waals surface area contributed by atoms with Crippen LogP contribution in [0.15, 0.2) is 84.0 Å². The maximum Gasteiger partial charge on any atom is 0.251 e. The van der Waals surface area contributed by atoms with E-state index in [0.717, 1.165) is 21.9 Å². The maximum absolute atomic E-state index is 12.6. The summed E-state index contributed by atoms with van der Waals surface area (Å²) < 4.78 is 2.06. The minimum absolute atomic E-state index is 0.162. The van der Waals surface area contributed by atoms with Crippen molar-refractivity contribution in [2.24, 2.45) is 0 Å². The first-order valence-electron chi connectivity index (χ1n) is 9.99. The van der Waals surface area contributed by atoms with Crippen molar-refractivity contribution < 1.29 is 9.59 Å². The zero-order chi connectivity index (χ0) is 21.6. The number of carbonyl (C=O) groups excluding carboxylic acids is 2. The molecule has 1 heterocycles. The average Bonchev–Trinajstić information content (AvgIpc) is 3.17. The number of hydrogen-bond acceptors (Lipinski definition) is 4. The highest BCUT2D eigenvalue weighted by Gasteiger charge is 2.14. The Morgan fingerprint density at radius 1 is 0.968 bits per heavy atom. The fourth-order valence-electron chi connectivity index (χ4n) is 3.26. The number of imidazole rings is 1. The summed E-state index contributed by atoms with van der Waals surface area (Å²) in [6.45, 7) is 2.41. The Kier molecular flexibility index (Phi) is 6.33. The summed E-state index contributed by atoms with van der Waals surface area (Å²) in [4.78, 5) is 29.3. The molecule has 0 aliphatic carbocycles. The van der Waals surface area contributed by atoms with E-state index in [9.17, 15) is 9.59 Å². The Morgan fingerprint density at radius 3 is 2.55 bits per heavy atom. The molecule has 2 amide bonds. The Morgan fingerprint density at radius 2 is 1.74 bits per heavy atom. The van der Waals surface area contributed by atoms with Crippen molar-refractivity contribution in [1.29, 1.82) is 0 Å². The molecule has 0 saturated heterocycles. The molecule has 2 N–H and O–H groups in total. The molecule has 0 unspecified atom stereocenters. The first kappa shape index (κ1) is 20.7. The van der Waals surface area contributed by atoms with Gasteiger partial charge in [0.1, 0.15) is 0 Å². The van der Waals surface area contributed by atoms with Gasteiger partial charge in [0.2, 0.25) is 5.91 Å². The molecule has 3 aromatic carbocycles. The molecule has 0 radical (unpaired) electrons. The van der Waals surface area contributed by atoms with Crippen molar-refractivity contribution in [2.45, 2.75) is 12.1 Å². The van der Waals surface area contributed by atoms with Crippen LogP contribution in [0.5, 0.6) is 0 Å². The lowest BCUT2D eigenvalue weighted by Crippen LogP contribution is -2.23. The molecule has 0 bridgehead atoms. The lowest BCUT2D eigenvalue weighted by Gasteiger charge is -2.10. The molecule has 0 aliphatic heterocycles. The van der Waals surface area contributed by atoms with Gasteiger partial charge in [-0.15, -0.1) is 0 Å². The molecule has 4 rings (SSSR count). The van der Waals surface area contributed by atoms with Gasteiger partial charge in [-0.05, 0) is 49.4 Å². The van der Waals surface area contributed by atoms with Crippen LogP contribution in [0.3, 0.4) is 0 Å². The van der Waals surface area contributed by atoms with Gasteiger partial charge in [0, 0.05) is 23.5 Å². The van der Waals surface area contributed by atoms with Crippen molar-refractivity contribution in [3.63, 3.8) is 0 Å². The number of nitrogens with one attached hydrogen (secondary N) is 2. The van der Waals surface area contributed by atoms with Crippen LogP contribution in [0.25, 0.3) is 16.7 Å². The third kappa shape index (κ3) is 4.78. The Labute approximate surface area is 184 Å². The number of thioether (sulfide) groups is 1. The number of nitrogens with zero attached hydrogens (tertiary/aromatic N) is 2. The van der Waals surface area contributed by atoms with Gasteiger partial charge in [-0.25, -0.2) is 4.98 Å². The van der Waals surface area contributed by atoms with Gasteiger partial charge in [0.05, 0.1) is 16.8 Å². The second-order valence-electron chi connectivity index (χ2n) is 6.83. The predicted octanol–water partition coefficient (Wildman–Crippen LogP) is 4.51. The van der Waals surface area contributed by atoms with Crippen molar-refractivity contribution in [2.75, 3.05) is 17.6 Å². The number of hydrogen-bond donors (Lipinski definition) is 2. The second kappa shape index (κ2) is 9.49. The van der Waals surface area contributed by atoms with Crippen LogP contribution in [-0.2, 0) is 4.79 Å². The Balaban J connectivity index is 1.50. The van der Waals surface area contributed by atoms with Crippen LogP contribution in [0.4, 0.5) is 5.69 Å². The summed E-state index contributed by atoms with van der Waals surface area (Å²) in [6, 6.07) is 24.8. The zero-order valence-corrected chi connectivity index (χ0v) is 17.9. The number of amides is 2. The molecule has 0 fully saturated rings. The molecule has 156 valence electrons. The van der Waals surface area contributed by atoms with Gasteiger partial charge < -0.3 is 10.6 Å². The van der Waals surface area contributed by atoms with Crippen LogP contribution in [0.2, 0.25) is 0 Å². The van der Waals surface area contributed by atoms with E-state index in [0.29, 0.717) is 17.8 Å². The van der Waals surface area contributed by atoms with Crippen LogP contribution >= 0.6 is 11.8 Å². The highest BCUT2D eigenvalue weighted by molar-refractivity contribution is 7.99. The standard InChI is InChI=1S/C24H22N4O2S/c1-2-25-23(30)17-9-8-10-18(15-17)26-22(29)16-31-24-27-20-13-6-7-14-21(20)28(24)19-11-4-3-5-12-19/h3-15H,2,16H2,1H3,(H,25,30)(H,26,29). The molecule has 0 aliphatic rings. The van der Waals surface area contributed by atoms with Crippen molar-refractivity contribution in [1.82, 2.24) is 14.9 Å². The van der Waals surface area contributed by atoms with Crippen molar-refractivity contribution in [3.05, 3.63) is 84.4 Å². The molecule has 0 saturated carbocycles. The molecule has 6 nitrogen and oxygen atoms in total. The molecule has 0 atom stereocenters. The van der Waals surface area contributed by atoms with E-state index >= 15 is 0 Å². The fourth-order valence-corrected chi connectivity index (χ4v) is 4.08. The van der Waals surface area contributed by atoms with Gasteiger partial charge in [0.15, 0.2) is 5.16 Å². The topological polar surface area (TPSA) is 76.0 Å². The predicted molar refractivity (Wildman–Crippen MR) is 125 cm³/mol. The Bertz CT molecular complexity index is 1220. The molecule has 4 aromatic rings. The Hall–Kier alpha value is -3.58. The third-order valence-corrected chi connectivity index (χ3v) is 5.56. The van der Waals surface area contributed by atoms with E-state index in [1.54, 1.807) is 24.3 Å². The quantitative estimate of drug-likeness (QED) is 0.423. The van der Waals surface area contributed by atoms with Crippen LogP contribution in [0, 0.1) is 0 Å². The lowest BCUT2D eigenvalue weighted by molar-refractivity contribution is -0.113. The smallest absolute Gasteiger partial charge is 0.251 e. The summed E-state index contributed by atoms with van der Waals surface area (Å²) in [7, 11) is 0. The van der Waals surface area contributed by atoms with E-state index in [-0.39, 0.29) is 17.6 Å². The first-order chi connectivity index (χ1) is 15.2. The van der Waals surface area contributed by atoms with E-state index in [4.69, 9.17) is 4.98 Å². The summed E-state index contributed by atoms with van der Waals surface area (Å²) >= 11 is 1.37. The molecular formula is C24H22N4O2S. The van der Waals surface area contributed by atoms with Gasteiger partial charge >= 0.3 is 0 Å². The van der Waals surface area contributed by atoms with Gasteiger partial charge in [0.25, 0.3) is 5.91 Å². The number of fused-ring (bicyclic) bond motifs is 1. The van der Waals surface area contributed by atoms with E-state index < -0.39 is 0 Å². The summed E-state index contributed by atoms with van der Waals surface area (Å²) in [5.74, 6) is -0.129. The minimum Gasteiger partial charge on any atom is -0.352 e. The number of rotatable bonds is 7. The van der Waals surface area contributed by atoms with Gasteiger partial charge in [-0.2, -0.15) is 0 Å². The van der Waals surface area contributed by atoms with Crippen molar-refractivity contribution in [3.8, 4) is 5.69 Å². The molecule has 7 heteroatoms. The highest BCUT2D eigenvalue weighted by Crippen LogP contribution is 2.28. The normalized spacial score (nSPS) is 10.7. The van der Waals surface area contributed by atoms with E-state index in [1.165, 1.54) is 11.8 Å². The number of para-hydroxylation sites is 3. The fraction of sp³-hybridized carbons (Fsp3) is 0.125. The first-order valence-corrected chi connectivity index (χ1v) is 11.0. The molecule has 31 heavy (non-hydrogen) atoms. The summed E-state index contributed by atoms with van der Waals surface area (Å²) in [5, 5.41) is 6.37. The van der Waals surface area contributed by atoms with Crippen LogP contribution in [0.1, 0.15) is 17.3 Å². The average molecular weight is 431 g/mol. The van der Waals surface area contributed by atoms with Gasteiger partial charge in [-0.1, -0.05) is 48.2 Å². The van der Waals surface area contributed by atoms with Crippen molar-refractivity contribution >= 4 is 40.3 Å². The van der Waals surface area contributed by atoms with E-state index in [1.807, 2.05) is 61.5 Å². The maximum atomic E-state index is 12.6. The minimum atomic E-state index is -0.162. The monoisotopic (exact) mass is 430 g/mol. The lowest BCUT2D eigenvalue weighted by atomic mass is 10.2. The van der Waals surface area contributed by atoms with Crippen LogP contribution < -0.4 is 10.6 Å². The highest BCUT2D eigenvalue weighted by atomic mass is 32.2. The molecule has 0 spiro atoms. The second-order valence-corrected chi connectivity index (χ2v) is 7.77. The molecular weight excluding hydrogens is 408 g/mol. The number of anilines is 1. The number of benzene rings is 3. The number of aromatic nitrogens is 2. The molecule has 1 aromatic heterocycles. The third-order valence-electron chi connectivity index (χ3n) is 4.62. The SMILES string of the molecule is CCNC(=O)c1cccc(NC(=O)CSc2nc3ccccc3n2-c2ccccc2)c1. The van der Waals surface area contributed by atoms with Crippen LogP contribution in [-0.4, -0.2) is 33.7 Å². The number of carbonyl (C=O) groups is 2. The summed E-state index contributed by atoms with van der Waals surface area (Å²) in [5.41, 5.74) is 3.97. The van der Waals surface area contributed by atoms with Gasteiger partial charge in [-0.3, -0.25) is 14.2 Å². The largest absolute Gasteiger partial charge is 0.352 e.